The Morgan fingerprint density at radius 2 is 1.59 bits per heavy atom. The van der Waals surface area contributed by atoms with E-state index in [4.69, 9.17) is 15.2 Å². The van der Waals surface area contributed by atoms with Crippen molar-refractivity contribution < 1.29 is 33.4 Å². The van der Waals surface area contributed by atoms with Crippen LogP contribution < -0.4 is 20.7 Å². The molecule has 4 amide bonds. The molecule has 0 radical (unpaired) electrons. The number of anilines is 2. The molecule has 1 aliphatic carbocycles. The van der Waals surface area contributed by atoms with Crippen LogP contribution in [-0.4, -0.2) is 132 Å². The molecule has 3 aliphatic heterocycles. The number of amidine groups is 1. The first-order valence-electron chi connectivity index (χ1n) is 20.9. The largest absolute Gasteiger partial charge is 0.488 e. The van der Waals surface area contributed by atoms with Crippen LogP contribution in [0.25, 0.3) is 0 Å². The minimum atomic E-state index is -0.982. The van der Waals surface area contributed by atoms with E-state index in [-0.39, 0.29) is 29.9 Å². The van der Waals surface area contributed by atoms with Gasteiger partial charge in [-0.2, -0.15) is 0 Å². The zero-order chi connectivity index (χ0) is 42.7. The number of nitrogens with zero attached hydrogens (tertiary/aromatic N) is 5. The van der Waals surface area contributed by atoms with Gasteiger partial charge in [-0.1, -0.05) is 37.1 Å². The van der Waals surface area contributed by atoms with Crippen molar-refractivity contribution in [3.8, 4) is 5.75 Å². The standard InChI is InChI=1S/C35H47N5O6.C9H16N2OS/c1-34(2,45-23-17-35(3,4)46-25-12-10-24(11-13-25)39-21-19-37(5)20-22-39)16-18-36-27-9-7-8-26-30(27)33(44)40(31(26)42)28-14-15-29(41)38(6)32(28)43;10-9(13-7-6-12)11-8-4-2-1-3-5-8/h7-13,28,36H,14-23H2,1-6H3;6,8H,1-5,7H2,(H2,10,11). The fourth-order valence-electron chi connectivity index (χ4n) is 7.72. The number of benzene rings is 2. The van der Waals surface area contributed by atoms with Crippen LogP contribution in [0.2, 0.25) is 0 Å². The van der Waals surface area contributed by atoms with Crippen molar-refractivity contribution in [3.63, 3.8) is 0 Å². The first-order valence-corrected chi connectivity index (χ1v) is 21.9. The minimum Gasteiger partial charge on any atom is -0.488 e. The number of ether oxygens (including phenoxy) is 2. The van der Waals surface area contributed by atoms with Gasteiger partial charge in [0.15, 0.2) is 5.17 Å². The highest BCUT2D eigenvalue weighted by molar-refractivity contribution is 8.14. The molecule has 1 unspecified atom stereocenters. The number of carbonyl (C=O) groups is 5. The highest BCUT2D eigenvalue weighted by Crippen LogP contribution is 2.34. The number of carbonyl (C=O) groups excluding carboxylic acids is 5. The molecule has 0 aromatic heterocycles. The number of likely N-dealkylation sites (tertiary alicyclic amines) is 1. The Morgan fingerprint density at radius 3 is 2.27 bits per heavy atom. The van der Waals surface area contributed by atoms with Crippen LogP contribution in [0, 0.1) is 0 Å². The van der Waals surface area contributed by atoms with Crippen LogP contribution in [-0.2, 0) is 19.1 Å². The maximum absolute atomic E-state index is 13.5. The molecule has 2 aromatic rings. The lowest BCUT2D eigenvalue weighted by Gasteiger charge is -2.34. The number of likely N-dealkylation sites (N-methyl/N-ethyl adjacent to an activating group) is 2. The van der Waals surface area contributed by atoms with Gasteiger partial charge >= 0.3 is 0 Å². The van der Waals surface area contributed by atoms with E-state index in [1.165, 1.54) is 43.8 Å². The van der Waals surface area contributed by atoms with Crippen LogP contribution in [0.5, 0.6) is 5.75 Å². The maximum atomic E-state index is 13.5. The number of imide groups is 2. The molecule has 15 heteroatoms. The fraction of sp³-hybridized carbons (Fsp3) is 0.591. The number of fused-ring (bicyclic) bond motifs is 1. The van der Waals surface area contributed by atoms with Gasteiger partial charge in [-0.15, -0.1) is 0 Å². The second-order valence-electron chi connectivity index (χ2n) is 17.0. The van der Waals surface area contributed by atoms with Crippen LogP contribution in [0.15, 0.2) is 47.5 Å². The summed E-state index contributed by atoms with van der Waals surface area (Å²) in [5.41, 5.74) is 7.04. The SMILES string of the molecule is CN1CCN(c2ccc(OC(C)(C)CCOC(C)(C)CCNc3cccc4c3C(=O)N(C3CCC(=O)N(C)C3=O)C4=O)cc2)CC1.NC(=NC1CCCCC1)SCC=O. The number of piperidine rings is 1. The van der Waals surface area contributed by atoms with Gasteiger partial charge in [0.05, 0.1) is 35.1 Å². The molecule has 2 aromatic carbocycles. The molecule has 1 atom stereocenters. The number of hydrogen-bond donors (Lipinski definition) is 2. The van der Waals surface area contributed by atoms with E-state index in [0.717, 1.165) is 60.9 Å². The monoisotopic (exact) mass is 833 g/mol. The van der Waals surface area contributed by atoms with Crippen molar-refractivity contribution in [2.45, 2.75) is 109 Å². The maximum Gasteiger partial charge on any atom is 0.264 e. The molecule has 2 saturated heterocycles. The van der Waals surface area contributed by atoms with E-state index in [9.17, 15) is 24.0 Å². The summed E-state index contributed by atoms with van der Waals surface area (Å²) in [7, 11) is 3.54. The van der Waals surface area contributed by atoms with Gasteiger partial charge in [0.1, 0.15) is 23.7 Å². The Hall–Kier alpha value is -4.47. The predicted molar refractivity (Wildman–Crippen MR) is 233 cm³/mol. The van der Waals surface area contributed by atoms with Gasteiger partial charge in [-0.05, 0) is 96.8 Å². The topological polar surface area (TPSA) is 167 Å². The summed E-state index contributed by atoms with van der Waals surface area (Å²) >= 11 is 1.33. The van der Waals surface area contributed by atoms with E-state index >= 15 is 0 Å². The Labute approximate surface area is 353 Å². The number of hydrogen-bond acceptors (Lipinski definition) is 12. The van der Waals surface area contributed by atoms with Crippen molar-refractivity contribution in [1.82, 2.24) is 14.7 Å². The van der Waals surface area contributed by atoms with E-state index < -0.39 is 35.0 Å². The molecule has 6 rings (SSSR count). The normalized spacial score (nSPS) is 19.7. The second-order valence-corrected chi connectivity index (χ2v) is 18.0. The molecule has 322 valence electrons. The number of amides is 4. The third-order valence-electron chi connectivity index (χ3n) is 11.4. The summed E-state index contributed by atoms with van der Waals surface area (Å²) in [4.78, 5) is 72.6. The van der Waals surface area contributed by atoms with Crippen molar-refractivity contribution in [3.05, 3.63) is 53.6 Å². The predicted octanol–water partition coefficient (Wildman–Crippen LogP) is 5.59. The highest BCUT2D eigenvalue weighted by atomic mass is 32.2. The second kappa shape index (κ2) is 20.7. The molecule has 14 nitrogen and oxygen atoms in total. The number of rotatable bonds is 15. The van der Waals surface area contributed by atoms with Gasteiger partial charge in [0.25, 0.3) is 17.7 Å². The zero-order valence-electron chi connectivity index (χ0n) is 35.7. The van der Waals surface area contributed by atoms with E-state index in [1.807, 2.05) is 26.0 Å². The summed E-state index contributed by atoms with van der Waals surface area (Å²) in [5, 5.41) is 3.88. The van der Waals surface area contributed by atoms with Gasteiger partial charge in [-0.3, -0.25) is 34.0 Å². The molecule has 1 saturated carbocycles. The third-order valence-corrected chi connectivity index (χ3v) is 12.1. The zero-order valence-corrected chi connectivity index (χ0v) is 36.5. The van der Waals surface area contributed by atoms with Crippen LogP contribution in [0.4, 0.5) is 11.4 Å². The van der Waals surface area contributed by atoms with E-state index in [1.54, 1.807) is 18.2 Å². The van der Waals surface area contributed by atoms with Crippen molar-refractivity contribution in [2.24, 2.45) is 10.7 Å². The molecule has 0 bridgehead atoms. The lowest BCUT2D eigenvalue weighted by Crippen LogP contribution is -2.54. The Morgan fingerprint density at radius 1 is 0.898 bits per heavy atom. The van der Waals surface area contributed by atoms with E-state index in [0.29, 0.717) is 48.6 Å². The Bertz CT molecular complexity index is 1820. The summed E-state index contributed by atoms with van der Waals surface area (Å²) < 4.78 is 12.6. The molecular weight excluding hydrogens is 771 g/mol. The number of thioether (sulfide) groups is 1. The lowest BCUT2D eigenvalue weighted by molar-refractivity contribution is -0.149. The number of piperazine rings is 1. The number of aliphatic imine (C=N–C) groups is 1. The average Bonchev–Trinajstić information content (AvgIpc) is 3.46. The molecular formula is C44H63N7O7S. The van der Waals surface area contributed by atoms with E-state index in [2.05, 4.69) is 53.1 Å². The van der Waals surface area contributed by atoms with Crippen molar-refractivity contribution >= 4 is 58.2 Å². The number of nitrogens with two attached hydrogens (primary N) is 1. The van der Waals surface area contributed by atoms with Crippen molar-refractivity contribution in [2.75, 3.05) is 69.4 Å². The quantitative estimate of drug-likeness (QED) is 0.0990. The molecule has 59 heavy (non-hydrogen) atoms. The third kappa shape index (κ3) is 12.5. The molecule has 3 fully saturated rings. The summed E-state index contributed by atoms with van der Waals surface area (Å²) in [6, 6.07) is 12.8. The highest BCUT2D eigenvalue weighted by Gasteiger charge is 2.47. The first-order chi connectivity index (χ1) is 28.1. The van der Waals surface area contributed by atoms with Gasteiger partial charge in [0, 0.05) is 64.0 Å². The number of nitrogens with one attached hydrogen (secondary N) is 1. The van der Waals surface area contributed by atoms with Crippen LogP contribution in [0.1, 0.15) is 106 Å². The Kier molecular flexibility index (Phi) is 16.0. The molecule has 0 spiro atoms. The smallest absolute Gasteiger partial charge is 0.264 e. The lowest BCUT2D eigenvalue weighted by atomic mass is 9.96. The van der Waals surface area contributed by atoms with Crippen molar-refractivity contribution in [1.29, 1.82) is 0 Å². The number of aldehydes is 1. The summed E-state index contributed by atoms with van der Waals surface area (Å²) in [6.07, 6.45) is 8.60. The molecule has 4 aliphatic rings. The summed E-state index contributed by atoms with van der Waals surface area (Å²) in [5.74, 6) is -0.622. The van der Waals surface area contributed by atoms with Gasteiger partial charge in [0.2, 0.25) is 5.91 Å². The van der Waals surface area contributed by atoms with Gasteiger partial charge in [-0.25, -0.2) is 0 Å². The minimum absolute atomic E-state index is 0.105. The average molecular weight is 834 g/mol. The molecule has 3 N–H and O–H groups in total. The fourth-order valence-corrected chi connectivity index (χ4v) is 8.18. The molecule has 3 heterocycles. The van der Waals surface area contributed by atoms with Gasteiger partial charge < -0.3 is 35.1 Å². The van der Waals surface area contributed by atoms with Crippen LogP contribution >= 0.6 is 11.8 Å². The van der Waals surface area contributed by atoms with Crippen LogP contribution in [0.3, 0.4) is 0 Å². The first kappa shape index (κ1) is 45.6. The summed E-state index contributed by atoms with van der Waals surface area (Å²) in [6.45, 7) is 13.4. The Balaban J connectivity index is 0.000000434.